The molecule has 24 heavy (non-hydrogen) atoms. The molecule has 1 aliphatic carbocycles. The van der Waals surface area contributed by atoms with Crippen LogP contribution < -0.4 is 5.32 Å². The van der Waals surface area contributed by atoms with E-state index in [1.54, 1.807) is 0 Å². The van der Waals surface area contributed by atoms with Crippen molar-refractivity contribution in [3.63, 3.8) is 0 Å². The van der Waals surface area contributed by atoms with Gasteiger partial charge in [0.15, 0.2) is 0 Å². The number of fused-ring (bicyclic) bond motifs is 1. The summed E-state index contributed by atoms with van der Waals surface area (Å²) in [5.41, 5.74) is 4.00. The molecule has 1 fully saturated rings. The molecule has 2 aromatic rings. The van der Waals surface area contributed by atoms with E-state index >= 15 is 0 Å². The highest BCUT2D eigenvalue weighted by atomic mass is 15.2. The number of likely N-dealkylation sites (tertiary alicyclic amines) is 1. The standard InChI is InChI=1S/C20H26N4/c1-14-21-17-11-7-6-10-16(17)20(22-14)23-18-12-13-24(2)19(18)15-8-4-3-5-9-15/h3-5,8-9,18-19H,6-7,10-13H2,1-2H3,(H,21,22,23). The minimum atomic E-state index is 0.401. The zero-order chi connectivity index (χ0) is 16.5. The largest absolute Gasteiger partial charge is 0.365 e. The predicted molar refractivity (Wildman–Crippen MR) is 97.3 cm³/mol. The van der Waals surface area contributed by atoms with Gasteiger partial charge in [0, 0.05) is 23.8 Å². The Morgan fingerprint density at radius 1 is 1.08 bits per heavy atom. The first-order valence-electron chi connectivity index (χ1n) is 9.10. The third-order valence-electron chi connectivity index (χ3n) is 5.41. The van der Waals surface area contributed by atoms with Crippen molar-refractivity contribution in [3.05, 3.63) is 53.0 Å². The Morgan fingerprint density at radius 2 is 1.88 bits per heavy atom. The molecule has 0 radical (unpaired) electrons. The molecule has 4 nitrogen and oxygen atoms in total. The van der Waals surface area contributed by atoms with Gasteiger partial charge in [-0.15, -0.1) is 0 Å². The Kier molecular flexibility index (Phi) is 4.23. The second-order valence-corrected chi connectivity index (χ2v) is 7.13. The van der Waals surface area contributed by atoms with Gasteiger partial charge in [0.25, 0.3) is 0 Å². The van der Waals surface area contributed by atoms with Gasteiger partial charge in [-0.2, -0.15) is 0 Å². The zero-order valence-corrected chi connectivity index (χ0v) is 14.6. The lowest BCUT2D eigenvalue weighted by Crippen LogP contribution is -2.30. The Balaban J connectivity index is 1.64. The summed E-state index contributed by atoms with van der Waals surface area (Å²) in [5, 5.41) is 3.80. The molecule has 2 aliphatic rings. The molecule has 2 heterocycles. The third kappa shape index (κ3) is 2.91. The van der Waals surface area contributed by atoms with Gasteiger partial charge in [0.2, 0.25) is 0 Å². The van der Waals surface area contributed by atoms with Crippen LogP contribution in [0, 0.1) is 6.92 Å². The van der Waals surface area contributed by atoms with E-state index in [1.165, 1.54) is 29.7 Å². The van der Waals surface area contributed by atoms with Crippen molar-refractivity contribution >= 4 is 5.82 Å². The van der Waals surface area contributed by atoms with Crippen molar-refractivity contribution in [3.8, 4) is 0 Å². The van der Waals surface area contributed by atoms with E-state index in [0.717, 1.165) is 37.4 Å². The van der Waals surface area contributed by atoms with Gasteiger partial charge in [-0.25, -0.2) is 9.97 Å². The summed E-state index contributed by atoms with van der Waals surface area (Å²) in [7, 11) is 2.22. The smallest absolute Gasteiger partial charge is 0.133 e. The van der Waals surface area contributed by atoms with E-state index in [4.69, 9.17) is 4.98 Å². The van der Waals surface area contributed by atoms with Gasteiger partial charge in [0.05, 0.1) is 6.04 Å². The number of aromatic nitrogens is 2. The molecule has 0 bridgehead atoms. The molecule has 1 aromatic carbocycles. The normalized spacial score (nSPS) is 23.9. The molecule has 1 N–H and O–H groups in total. The van der Waals surface area contributed by atoms with Crippen LogP contribution in [-0.2, 0) is 12.8 Å². The van der Waals surface area contributed by atoms with Gasteiger partial charge in [0.1, 0.15) is 11.6 Å². The van der Waals surface area contributed by atoms with E-state index in [1.807, 2.05) is 6.92 Å². The maximum Gasteiger partial charge on any atom is 0.133 e. The van der Waals surface area contributed by atoms with Crippen molar-refractivity contribution < 1.29 is 0 Å². The lowest BCUT2D eigenvalue weighted by atomic mass is 9.95. The van der Waals surface area contributed by atoms with Crippen LogP contribution in [0.2, 0.25) is 0 Å². The number of hydrogen-bond donors (Lipinski definition) is 1. The monoisotopic (exact) mass is 322 g/mol. The Morgan fingerprint density at radius 3 is 2.71 bits per heavy atom. The number of nitrogens with one attached hydrogen (secondary N) is 1. The fourth-order valence-electron chi connectivity index (χ4n) is 4.25. The fourth-order valence-corrected chi connectivity index (χ4v) is 4.25. The molecule has 1 aliphatic heterocycles. The van der Waals surface area contributed by atoms with E-state index < -0.39 is 0 Å². The minimum absolute atomic E-state index is 0.401. The Bertz CT molecular complexity index is 713. The number of hydrogen-bond acceptors (Lipinski definition) is 4. The molecule has 2 atom stereocenters. The molecule has 0 spiro atoms. The van der Waals surface area contributed by atoms with Crippen LogP contribution in [0.4, 0.5) is 5.82 Å². The van der Waals surface area contributed by atoms with Crippen LogP contribution >= 0.6 is 0 Å². The highest BCUT2D eigenvalue weighted by Gasteiger charge is 2.33. The van der Waals surface area contributed by atoms with E-state index in [2.05, 4.69) is 52.6 Å². The van der Waals surface area contributed by atoms with Gasteiger partial charge in [-0.05, 0) is 51.6 Å². The van der Waals surface area contributed by atoms with Crippen LogP contribution in [0.25, 0.3) is 0 Å². The lowest BCUT2D eigenvalue weighted by Gasteiger charge is -2.28. The van der Waals surface area contributed by atoms with Crippen molar-refractivity contribution in [2.24, 2.45) is 0 Å². The average Bonchev–Trinajstić information content (AvgIpc) is 2.96. The second-order valence-electron chi connectivity index (χ2n) is 7.13. The molecule has 126 valence electrons. The molecule has 0 amide bonds. The Hall–Kier alpha value is -1.94. The maximum absolute atomic E-state index is 4.76. The second kappa shape index (κ2) is 6.52. The van der Waals surface area contributed by atoms with Crippen molar-refractivity contribution in [2.75, 3.05) is 18.9 Å². The van der Waals surface area contributed by atoms with E-state index in [0.29, 0.717) is 12.1 Å². The summed E-state index contributed by atoms with van der Waals surface area (Å²) in [5.74, 6) is 1.97. The zero-order valence-electron chi connectivity index (χ0n) is 14.6. The quantitative estimate of drug-likeness (QED) is 0.939. The molecule has 1 saturated heterocycles. The molecule has 2 unspecified atom stereocenters. The van der Waals surface area contributed by atoms with Gasteiger partial charge < -0.3 is 5.32 Å². The van der Waals surface area contributed by atoms with Crippen LogP contribution in [0.15, 0.2) is 30.3 Å². The Labute approximate surface area is 144 Å². The minimum Gasteiger partial charge on any atom is -0.365 e. The van der Waals surface area contributed by atoms with Crippen LogP contribution in [0.1, 0.15) is 47.9 Å². The summed E-state index contributed by atoms with van der Waals surface area (Å²) >= 11 is 0. The summed E-state index contributed by atoms with van der Waals surface area (Å²) in [6.07, 6.45) is 5.85. The third-order valence-corrected chi connectivity index (χ3v) is 5.41. The van der Waals surface area contributed by atoms with Crippen molar-refractivity contribution in [2.45, 2.75) is 51.1 Å². The van der Waals surface area contributed by atoms with Gasteiger partial charge in [-0.1, -0.05) is 30.3 Å². The number of rotatable bonds is 3. The van der Waals surface area contributed by atoms with Crippen LogP contribution in [0.5, 0.6) is 0 Å². The van der Waals surface area contributed by atoms with Gasteiger partial charge >= 0.3 is 0 Å². The maximum atomic E-state index is 4.76. The van der Waals surface area contributed by atoms with Crippen molar-refractivity contribution in [1.82, 2.24) is 14.9 Å². The van der Waals surface area contributed by atoms with E-state index in [-0.39, 0.29) is 0 Å². The highest BCUT2D eigenvalue weighted by Crippen LogP contribution is 2.34. The van der Waals surface area contributed by atoms with Crippen LogP contribution in [0.3, 0.4) is 0 Å². The topological polar surface area (TPSA) is 41.1 Å². The number of anilines is 1. The predicted octanol–water partition coefficient (Wildman–Crippen LogP) is 3.52. The number of likely N-dealkylation sites (N-methyl/N-ethyl adjacent to an activating group) is 1. The van der Waals surface area contributed by atoms with Gasteiger partial charge in [-0.3, -0.25) is 4.90 Å². The molecular formula is C20H26N4. The molecule has 4 heteroatoms. The summed E-state index contributed by atoms with van der Waals surface area (Å²) in [6.45, 7) is 3.12. The molecular weight excluding hydrogens is 296 g/mol. The molecule has 4 rings (SSSR count). The number of aryl methyl sites for hydroxylation is 2. The number of benzene rings is 1. The average molecular weight is 322 g/mol. The highest BCUT2D eigenvalue weighted by molar-refractivity contribution is 5.49. The van der Waals surface area contributed by atoms with Crippen LogP contribution in [-0.4, -0.2) is 34.5 Å². The lowest BCUT2D eigenvalue weighted by molar-refractivity contribution is 0.309. The summed E-state index contributed by atoms with van der Waals surface area (Å²) in [6, 6.07) is 11.6. The first-order chi connectivity index (χ1) is 11.7. The van der Waals surface area contributed by atoms with Crippen molar-refractivity contribution in [1.29, 1.82) is 0 Å². The summed E-state index contributed by atoms with van der Waals surface area (Å²) < 4.78 is 0. The first kappa shape index (κ1) is 15.6. The number of nitrogens with zero attached hydrogens (tertiary/aromatic N) is 3. The summed E-state index contributed by atoms with van der Waals surface area (Å²) in [4.78, 5) is 11.9. The fraction of sp³-hybridized carbons (Fsp3) is 0.500. The molecule has 1 aromatic heterocycles. The SMILES string of the molecule is Cc1nc2c(c(NC3CCN(C)C3c3ccccc3)n1)CCCC2. The first-order valence-corrected chi connectivity index (χ1v) is 9.10. The van der Waals surface area contributed by atoms with E-state index in [9.17, 15) is 0 Å². The molecule has 0 saturated carbocycles.